The molecule has 1 rings (SSSR count). The molecule has 1 aromatic rings. The normalized spacial score (nSPS) is 9.73. The van der Waals surface area contributed by atoms with Gasteiger partial charge in [-0.15, -0.1) is 0 Å². The zero-order valence-corrected chi connectivity index (χ0v) is 7.82. The fraction of sp³-hybridized carbons (Fsp3) is 0.143. The van der Waals surface area contributed by atoms with Gasteiger partial charge in [0.15, 0.2) is 17.6 Å². The van der Waals surface area contributed by atoms with Gasteiger partial charge in [-0.2, -0.15) is 0 Å². The van der Waals surface area contributed by atoms with Crippen molar-refractivity contribution in [2.75, 3.05) is 6.07 Å². The Balaban J connectivity index is 2.93. The van der Waals surface area contributed by atoms with Crippen LogP contribution in [0.25, 0.3) is 0 Å². The Morgan fingerprint density at radius 2 is 2.27 bits per heavy atom. The van der Waals surface area contributed by atoms with Crippen molar-refractivity contribution in [3.05, 3.63) is 28.5 Å². The summed E-state index contributed by atoms with van der Waals surface area (Å²) < 4.78 is 18.3. The molecule has 0 atom stereocenters. The van der Waals surface area contributed by atoms with Gasteiger partial charge in [-0.1, -0.05) is 27.5 Å². The molecule has 1 nitrogen and oxygen atoms in total. The van der Waals surface area contributed by atoms with Crippen LogP contribution in [-0.2, 0) is 0 Å². The third-order valence-corrected chi connectivity index (χ3v) is 1.71. The Morgan fingerprint density at radius 3 is 2.91 bits per heavy atom. The van der Waals surface area contributed by atoms with E-state index >= 15 is 0 Å². The number of ether oxygens (including phenoxy) is 1. The largest absolute Gasteiger partial charge is 0.475 e. The molecule has 0 heterocycles. The summed E-state index contributed by atoms with van der Waals surface area (Å²) in [6.07, 6.45) is 0. The van der Waals surface area contributed by atoms with Gasteiger partial charge in [0.2, 0.25) is 0 Å². The predicted octanol–water partition coefficient (Wildman–Crippen LogP) is 3.16. The van der Waals surface area contributed by atoms with Crippen molar-refractivity contribution in [3.8, 4) is 5.75 Å². The van der Waals surface area contributed by atoms with Crippen LogP contribution in [-0.4, -0.2) is 6.07 Å². The number of rotatable bonds is 2. The molecule has 0 saturated heterocycles. The zero-order valence-electron chi connectivity index (χ0n) is 5.48. The summed E-state index contributed by atoms with van der Waals surface area (Å²) in [7, 11) is 0. The van der Waals surface area contributed by atoms with Gasteiger partial charge >= 0.3 is 0 Å². The van der Waals surface area contributed by atoms with Crippen molar-refractivity contribution >= 4 is 27.5 Å². The molecule has 0 aromatic heterocycles. The van der Waals surface area contributed by atoms with E-state index in [-0.39, 0.29) is 11.8 Å². The van der Waals surface area contributed by atoms with Crippen LogP contribution in [0, 0.1) is 5.82 Å². The lowest BCUT2D eigenvalue weighted by atomic mass is 10.3. The Kier molecular flexibility index (Phi) is 3.15. The Morgan fingerprint density at radius 1 is 1.55 bits per heavy atom. The maximum atomic E-state index is 12.8. The summed E-state index contributed by atoms with van der Waals surface area (Å²) in [6, 6.07) is 4.38. The van der Waals surface area contributed by atoms with Crippen molar-refractivity contribution in [3.63, 3.8) is 0 Å². The highest BCUT2D eigenvalue weighted by atomic mass is 79.9. The molecule has 0 amide bonds. The minimum absolute atomic E-state index is 0.0482. The van der Waals surface area contributed by atoms with Crippen molar-refractivity contribution < 1.29 is 9.13 Å². The number of hydrogen-bond donors (Lipinski definition) is 0. The molecule has 0 aliphatic carbocycles. The average molecular weight is 239 g/mol. The molecule has 0 saturated carbocycles. The quantitative estimate of drug-likeness (QED) is 0.720. The second kappa shape index (κ2) is 3.93. The van der Waals surface area contributed by atoms with E-state index in [0.29, 0.717) is 0 Å². The van der Waals surface area contributed by atoms with Gasteiger partial charge in [-0.3, -0.25) is 0 Å². The van der Waals surface area contributed by atoms with Crippen molar-refractivity contribution in [1.29, 1.82) is 0 Å². The highest BCUT2D eigenvalue weighted by Crippen LogP contribution is 2.22. The smallest absolute Gasteiger partial charge is 0.165 e. The highest BCUT2D eigenvalue weighted by molar-refractivity contribution is 9.10. The van der Waals surface area contributed by atoms with Crippen LogP contribution in [0.2, 0.25) is 0 Å². The fourth-order valence-electron chi connectivity index (χ4n) is 0.647. The second-order valence-corrected chi connectivity index (χ2v) is 2.96. The molecule has 0 radical (unpaired) electrons. The van der Waals surface area contributed by atoms with E-state index in [4.69, 9.17) is 16.3 Å². The third-order valence-electron chi connectivity index (χ3n) is 1.10. The third kappa shape index (κ3) is 2.34. The maximum Gasteiger partial charge on any atom is 0.165 e. The fourth-order valence-corrected chi connectivity index (χ4v) is 1.10. The topological polar surface area (TPSA) is 9.23 Å². The summed E-state index contributed by atoms with van der Waals surface area (Å²) in [5, 5.41) is 0. The molecule has 0 N–H and O–H groups in total. The Hall–Kier alpha value is -0.280. The van der Waals surface area contributed by atoms with E-state index < -0.39 is 5.82 Å². The summed E-state index contributed by atoms with van der Waals surface area (Å²) in [6.45, 7) is 0. The van der Waals surface area contributed by atoms with E-state index in [1.807, 2.05) is 0 Å². The Bertz CT molecular complexity index is 254. The SMILES string of the molecule is Fc1ccc(Br)cc1OCCl. The van der Waals surface area contributed by atoms with Gasteiger partial charge in [0.1, 0.15) is 0 Å². The molecule has 1 aromatic carbocycles. The Labute approximate surface area is 77.2 Å². The summed E-state index contributed by atoms with van der Waals surface area (Å²) in [5.41, 5.74) is 0. The molecule has 0 unspecified atom stereocenters. The first kappa shape index (κ1) is 8.81. The van der Waals surface area contributed by atoms with Crippen molar-refractivity contribution in [2.24, 2.45) is 0 Å². The van der Waals surface area contributed by atoms with Gasteiger partial charge in [-0.25, -0.2) is 4.39 Å². The van der Waals surface area contributed by atoms with Crippen LogP contribution in [0.1, 0.15) is 0 Å². The van der Waals surface area contributed by atoms with Crippen LogP contribution in [0.4, 0.5) is 4.39 Å². The van der Waals surface area contributed by atoms with Crippen molar-refractivity contribution in [2.45, 2.75) is 0 Å². The van der Waals surface area contributed by atoms with Crippen LogP contribution in [0.15, 0.2) is 22.7 Å². The summed E-state index contributed by atoms with van der Waals surface area (Å²) in [4.78, 5) is 0. The van der Waals surface area contributed by atoms with Crippen LogP contribution >= 0.6 is 27.5 Å². The van der Waals surface area contributed by atoms with Gasteiger partial charge in [0, 0.05) is 4.47 Å². The molecular formula is C7H5BrClFO. The van der Waals surface area contributed by atoms with Crippen LogP contribution < -0.4 is 4.74 Å². The van der Waals surface area contributed by atoms with E-state index in [9.17, 15) is 4.39 Å². The zero-order chi connectivity index (χ0) is 8.27. The van der Waals surface area contributed by atoms with E-state index in [0.717, 1.165) is 4.47 Å². The number of benzene rings is 1. The van der Waals surface area contributed by atoms with Crippen LogP contribution in [0.5, 0.6) is 5.75 Å². The van der Waals surface area contributed by atoms with Crippen molar-refractivity contribution in [1.82, 2.24) is 0 Å². The minimum atomic E-state index is -0.408. The molecule has 0 aliphatic heterocycles. The average Bonchev–Trinajstić information content (AvgIpc) is 1.98. The molecule has 0 aliphatic rings. The van der Waals surface area contributed by atoms with Gasteiger partial charge < -0.3 is 4.74 Å². The van der Waals surface area contributed by atoms with Gasteiger partial charge in [-0.05, 0) is 18.2 Å². The van der Waals surface area contributed by atoms with Gasteiger partial charge in [0.25, 0.3) is 0 Å². The minimum Gasteiger partial charge on any atom is -0.475 e. The summed E-state index contributed by atoms with van der Waals surface area (Å²) >= 11 is 8.43. The monoisotopic (exact) mass is 238 g/mol. The first-order chi connectivity index (χ1) is 5.24. The molecule has 0 spiro atoms. The molecule has 60 valence electrons. The first-order valence-electron chi connectivity index (χ1n) is 2.88. The highest BCUT2D eigenvalue weighted by Gasteiger charge is 2.01. The number of halogens is 3. The lowest BCUT2D eigenvalue weighted by Crippen LogP contribution is -1.91. The molecule has 0 bridgehead atoms. The summed E-state index contributed by atoms with van der Waals surface area (Å²) in [5.74, 6) is -0.247. The van der Waals surface area contributed by atoms with E-state index in [2.05, 4.69) is 15.9 Å². The number of hydrogen-bond acceptors (Lipinski definition) is 1. The number of alkyl halides is 1. The predicted molar refractivity (Wildman–Crippen MR) is 45.4 cm³/mol. The molecular weight excluding hydrogens is 234 g/mol. The van der Waals surface area contributed by atoms with Crippen LogP contribution in [0.3, 0.4) is 0 Å². The molecule has 11 heavy (non-hydrogen) atoms. The first-order valence-corrected chi connectivity index (χ1v) is 4.20. The lowest BCUT2D eigenvalue weighted by molar-refractivity contribution is 0.363. The van der Waals surface area contributed by atoms with E-state index in [1.165, 1.54) is 12.1 Å². The van der Waals surface area contributed by atoms with E-state index in [1.54, 1.807) is 6.07 Å². The van der Waals surface area contributed by atoms with Gasteiger partial charge in [0.05, 0.1) is 0 Å². The molecule has 0 fully saturated rings. The standard InChI is InChI=1S/C7H5BrClFO/c8-5-1-2-6(10)7(3-5)11-4-9/h1-3H,4H2. The maximum absolute atomic E-state index is 12.8. The molecule has 4 heteroatoms. The second-order valence-electron chi connectivity index (χ2n) is 1.83. The lowest BCUT2D eigenvalue weighted by Gasteiger charge is -2.02.